The molecule has 1 N–H and O–H groups in total. The molecule has 0 spiro atoms. The topological polar surface area (TPSA) is 84.9 Å². The molecule has 3 rings (SSSR count). The molecule has 1 atom stereocenters. The minimum atomic E-state index is -0.725. The molecule has 29 heavy (non-hydrogen) atoms. The van der Waals surface area contributed by atoms with Crippen molar-refractivity contribution in [3.8, 4) is 5.75 Å². The average molecular weight is 417 g/mol. The number of esters is 1. The van der Waals surface area contributed by atoms with Gasteiger partial charge in [-0.05, 0) is 49.7 Å². The zero-order valence-electron chi connectivity index (χ0n) is 16.3. The Hall–Kier alpha value is -3.06. The molecule has 2 amide bonds. The van der Waals surface area contributed by atoms with E-state index in [-0.39, 0.29) is 18.2 Å². The van der Waals surface area contributed by atoms with Crippen LogP contribution in [0.25, 0.3) is 0 Å². The standard InChI is InChI=1S/C21H21ClN2O5/c1-4-29-21(27)13-5-7-14(8-6-13)23-16-11-19(25)24(20(16)26)17-9-12(2)15(22)10-18(17)28-3/h5-10,16,23H,4,11H2,1-3H3. The van der Waals surface area contributed by atoms with E-state index in [2.05, 4.69) is 5.32 Å². The van der Waals surface area contributed by atoms with Crippen molar-refractivity contribution >= 4 is 40.8 Å². The smallest absolute Gasteiger partial charge is 0.338 e. The van der Waals surface area contributed by atoms with Crippen molar-refractivity contribution in [3.05, 3.63) is 52.5 Å². The average Bonchev–Trinajstić information content (AvgIpc) is 2.97. The third-order valence-electron chi connectivity index (χ3n) is 4.58. The Morgan fingerprint density at radius 3 is 2.55 bits per heavy atom. The van der Waals surface area contributed by atoms with Crippen LogP contribution in [0.5, 0.6) is 5.75 Å². The second-order valence-corrected chi connectivity index (χ2v) is 6.95. The second kappa shape index (κ2) is 8.53. The Morgan fingerprint density at radius 1 is 1.24 bits per heavy atom. The SMILES string of the molecule is CCOC(=O)c1ccc(NC2CC(=O)N(c3cc(C)c(Cl)cc3OC)C2=O)cc1. The van der Waals surface area contributed by atoms with Gasteiger partial charge in [0.25, 0.3) is 5.91 Å². The molecule has 0 radical (unpaired) electrons. The number of ether oxygens (including phenoxy) is 2. The zero-order valence-corrected chi connectivity index (χ0v) is 17.1. The summed E-state index contributed by atoms with van der Waals surface area (Å²) in [4.78, 5) is 38.4. The van der Waals surface area contributed by atoms with Crippen LogP contribution in [0.4, 0.5) is 11.4 Å². The first kappa shape index (κ1) is 20.7. The van der Waals surface area contributed by atoms with Crippen LogP contribution in [0, 0.1) is 6.92 Å². The van der Waals surface area contributed by atoms with Crippen molar-refractivity contribution in [2.24, 2.45) is 0 Å². The minimum absolute atomic E-state index is 0.00326. The molecule has 8 heteroatoms. The molecule has 1 aliphatic heterocycles. The van der Waals surface area contributed by atoms with Gasteiger partial charge in [-0.1, -0.05) is 11.6 Å². The van der Waals surface area contributed by atoms with E-state index in [0.717, 1.165) is 10.5 Å². The quantitative estimate of drug-likeness (QED) is 0.572. The molecular formula is C21H21ClN2O5. The number of aryl methyl sites for hydroxylation is 1. The Bertz CT molecular complexity index is 958. The second-order valence-electron chi connectivity index (χ2n) is 6.54. The molecule has 1 heterocycles. The number of imide groups is 1. The number of carbonyl (C=O) groups excluding carboxylic acids is 3. The first-order valence-electron chi connectivity index (χ1n) is 9.10. The van der Waals surface area contributed by atoms with Crippen molar-refractivity contribution in [1.29, 1.82) is 0 Å². The van der Waals surface area contributed by atoms with Crippen LogP contribution in [-0.4, -0.2) is 37.5 Å². The summed E-state index contributed by atoms with van der Waals surface area (Å²) in [6, 6.07) is 9.06. The fraction of sp³-hybridized carbons (Fsp3) is 0.286. The summed E-state index contributed by atoms with van der Waals surface area (Å²) in [6.07, 6.45) is 0.00326. The summed E-state index contributed by atoms with van der Waals surface area (Å²) in [5.74, 6) is -0.788. The highest BCUT2D eigenvalue weighted by Gasteiger charge is 2.41. The van der Waals surface area contributed by atoms with Crippen LogP contribution in [0.3, 0.4) is 0 Å². The summed E-state index contributed by atoms with van der Waals surface area (Å²) in [5.41, 5.74) is 2.12. The van der Waals surface area contributed by atoms with Crippen molar-refractivity contribution in [1.82, 2.24) is 0 Å². The fourth-order valence-corrected chi connectivity index (χ4v) is 3.26. The maximum Gasteiger partial charge on any atom is 0.338 e. The summed E-state index contributed by atoms with van der Waals surface area (Å²) < 4.78 is 10.3. The van der Waals surface area contributed by atoms with Gasteiger partial charge in [0, 0.05) is 16.8 Å². The van der Waals surface area contributed by atoms with Gasteiger partial charge in [-0.2, -0.15) is 0 Å². The number of nitrogens with zero attached hydrogens (tertiary/aromatic N) is 1. The van der Waals surface area contributed by atoms with Crippen LogP contribution >= 0.6 is 11.6 Å². The normalized spacial score (nSPS) is 16.1. The van der Waals surface area contributed by atoms with E-state index in [1.807, 2.05) is 0 Å². The lowest BCUT2D eigenvalue weighted by Crippen LogP contribution is -2.35. The van der Waals surface area contributed by atoms with Gasteiger partial charge in [0.15, 0.2) is 0 Å². The predicted molar refractivity (Wildman–Crippen MR) is 110 cm³/mol. The number of rotatable bonds is 6. The van der Waals surface area contributed by atoms with Gasteiger partial charge >= 0.3 is 5.97 Å². The van der Waals surface area contributed by atoms with Crippen LogP contribution in [0.15, 0.2) is 36.4 Å². The molecule has 0 aromatic heterocycles. The van der Waals surface area contributed by atoms with Crippen molar-refractivity contribution in [3.63, 3.8) is 0 Å². The highest BCUT2D eigenvalue weighted by Crippen LogP contribution is 2.36. The number of carbonyl (C=O) groups is 3. The van der Waals surface area contributed by atoms with Crippen LogP contribution < -0.4 is 15.0 Å². The van der Waals surface area contributed by atoms with Crippen molar-refractivity contribution < 1.29 is 23.9 Å². The first-order chi connectivity index (χ1) is 13.8. The number of hydrogen-bond acceptors (Lipinski definition) is 6. The molecule has 152 valence electrons. The molecule has 1 saturated heterocycles. The van der Waals surface area contributed by atoms with Crippen LogP contribution in [0.2, 0.25) is 5.02 Å². The molecular weight excluding hydrogens is 396 g/mol. The predicted octanol–water partition coefficient (Wildman–Crippen LogP) is 3.58. The van der Waals surface area contributed by atoms with Crippen molar-refractivity contribution in [2.45, 2.75) is 26.3 Å². The summed E-state index contributed by atoms with van der Waals surface area (Å²) in [7, 11) is 1.45. The van der Waals surface area contributed by atoms with Crippen LogP contribution in [-0.2, 0) is 14.3 Å². The molecule has 7 nitrogen and oxygen atoms in total. The van der Waals surface area contributed by atoms with Gasteiger partial charge in [0.05, 0.1) is 31.4 Å². The highest BCUT2D eigenvalue weighted by atomic mass is 35.5. The Balaban J connectivity index is 1.79. The summed E-state index contributed by atoms with van der Waals surface area (Å²) >= 11 is 6.12. The third-order valence-corrected chi connectivity index (χ3v) is 4.99. The molecule has 0 aliphatic carbocycles. The van der Waals surface area contributed by atoms with Gasteiger partial charge in [0.2, 0.25) is 5.91 Å². The molecule has 1 unspecified atom stereocenters. The first-order valence-corrected chi connectivity index (χ1v) is 9.48. The number of anilines is 2. The number of amides is 2. The van der Waals surface area contributed by atoms with E-state index in [1.165, 1.54) is 7.11 Å². The maximum absolute atomic E-state index is 12.9. The molecule has 2 aromatic carbocycles. The van der Waals surface area contributed by atoms with Gasteiger partial charge in [-0.25, -0.2) is 9.69 Å². The molecule has 1 aliphatic rings. The lowest BCUT2D eigenvalue weighted by Gasteiger charge is -2.19. The summed E-state index contributed by atoms with van der Waals surface area (Å²) in [6.45, 7) is 3.82. The lowest BCUT2D eigenvalue weighted by atomic mass is 10.1. The number of hydrogen-bond donors (Lipinski definition) is 1. The molecule has 0 saturated carbocycles. The number of methoxy groups -OCH3 is 1. The number of halogens is 1. The maximum atomic E-state index is 12.9. The van der Waals surface area contributed by atoms with Crippen molar-refractivity contribution in [2.75, 3.05) is 23.9 Å². The highest BCUT2D eigenvalue weighted by molar-refractivity contribution is 6.32. The van der Waals surface area contributed by atoms with E-state index < -0.39 is 12.0 Å². The summed E-state index contributed by atoms with van der Waals surface area (Å²) in [5, 5.41) is 3.54. The van der Waals surface area contributed by atoms with Gasteiger partial charge < -0.3 is 14.8 Å². The van der Waals surface area contributed by atoms with Gasteiger partial charge in [-0.3, -0.25) is 9.59 Å². The van der Waals surface area contributed by atoms with Crippen LogP contribution in [0.1, 0.15) is 29.3 Å². The van der Waals surface area contributed by atoms with E-state index in [1.54, 1.807) is 50.2 Å². The van der Waals surface area contributed by atoms with E-state index in [0.29, 0.717) is 34.3 Å². The Labute approximate surface area is 173 Å². The lowest BCUT2D eigenvalue weighted by molar-refractivity contribution is -0.121. The van der Waals surface area contributed by atoms with E-state index >= 15 is 0 Å². The Kier molecular flexibility index (Phi) is 6.08. The van der Waals surface area contributed by atoms with E-state index in [4.69, 9.17) is 21.1 Å². The fourth-order valence-electron chi connectivity index (χ4n) is 3.10. The van der Waals surface area contributed by atoms with E-state index in [9.17, 15) is 14.4 Å². The van der Waals surface area contributed by atoms with Gasteiger partial charge in [0.1, 0.15) is 11.8 Å². The van der Waals surface area contributed by atoms with Gasteiger partial charge in [-0.15, -0.1) is 0 Å². The monoisotopic (exact) mass is 416 g/mol. The molecule has 2 aromatic rings. The molecule has 1 fully saturated rings. The number of nitrogens with one attached hydrogen (secondary N) is 1. The third kappa shape index (κ3) is 4.19. The largest absolute Gasteiger partial charge is 0.495 e. The molecule has 0 bridgehead atoms. The minimum Gasteiger partial charge on any atom is -0.495 e. The zero-order chi connectivity index (χ0) is 21.1. The number of benzene rings is 2. The Morgan fingerprint density at radius 2 is 1.93 bits per heavy atom.